The predicted molar refractivity (Wildman–Crippen MR) is 84.7 cm³/mol. The number of piperidine rings is 1. The van der Waals surface area contributed by atoms with Crippen LogP contribution in [-0.2, 0) is 4.79 Å². The van der Waals surface area contributed by atoms with E-state index in [-0.39, 0.29) is 30.4 Å². The number of carbonyl (C=O) groups excluding carboxylic acids is 1. The highest BCUT2D eigenvalue weighted by Crippen LogP contribution is 2.40. The molecule has 2 saturated heterocycles. The van der Waals surface area contributed by atoms with Crippen LogP contribution in [0.5, 0.6) is 0 Å². The van der Waals surface area contributed by atoms with Gasteiger partial charge in [0.2, 0.25) is 0 Å². The molecule has 124 valence electrons. The lowest BCUT2D eigenvalue weighted by Crippen LogP contribution is -2.49. The van der Waals surface area contributed by atoms with Gasteiger partial charge in [-0.05, 0) is 30.2 Å². The van der Waals surface area contributed by atoms with Gasteiger partial charge in [-0.2, -0.15) is 0 Å². The van der Waals surface area contributed by atoms with Crippen molar-refractivity contribution < 1.29 is 19.1 Å². The second-order valence-electron chi connectivity index (χ2n) is 6.66. The molecule has 23 heavy (non-hydrogen) atoms. The number of carboxylic acid groups (broad SMARTS) is 1. The number of rotatable bonds is 3. The first kappa shape index (κ1) is 15.9. The van der Waals surface area contributed by atoms with Crippen molar-refractivity contribution in [2.45, 2.75) is 31.9 Å². The van der Waals surface area contributed by atoms with Crippen molar-refractivity contribution in [3.63, 3.8) is 0 Å². The summed E-state index contributed by atoms with van der Waals surface area (Å²) in [4.78, 5) is 25.4. The Balaban J connectivity index is 1.98. The summed E-state index contributed by atoms with van der Waals surface area (Å²) in [6, 6.07) is 4.93. The Kier molecular flexibility index (Phi) is 3.88. The molecule has 0 radical (unpaired) electrons. The summed E-state index contributed by atoms with van der Waals surface area (Å²) in [6.07, 6.45) is 0.170. The van der Waals surface area contributed by atoms with Crippen LogP contribution >= 0.6 is 0 Å². The summed E-state index contributed by atoms with van der Waals surface area (Å²) in [7, 11) is 0. The first-order valence-electron chi connectivity index (χ1n) is 7.93. The fraction of sp³-hybridized carbons (Fsp3) is 0.529. The van der Waals surface area contributed by atoms with Gasteiger partial charge in [0.05, 0.1) is 5.56 Å². The lowest BCUT2D eigenvalue weighted by molar-refractivity contribution is -0.130. The zero-order valence-corrected chi connectivity index (χ0v) is 13.3. The zero-order valence-electron chi connectivity index (χ0n) is 13.3. The molecule has 1 aromatic rings. The summed E-state index contributed by atoms with van der Waals surface area (Å²) in [6.45, 7) is 5.06. The van der Waals surface area contributed by atoms with E-state index in [2.05, 4.69) is 5.32 Å². The summed E-state index contributed by atoms with van der Waals surface area (Å²) in [5.41, 5.74) is -0.484. The number of benzene rings is 1. The van der Waals surface area contributed by atoms with Gasteiger partial charge in [-0.3, -0.25) is 4.79 Å². The molecule has 2 N–H and O–H groups in total. The summed E-state index contributed by atoms with van der Waals surface area (Å²) < 4.78 is 15.0. The van der Waals surface area contributed by atoms with E-state index in [4.69, 9.17) is 0 Å². The normalized spacial score (nSPS) is 27.4. The standard InChI is InChI=1S/C17H21FN2O3/c1-10(2)13-4-3-12(7-14(13)15(21)22)20-9-11-8-19-6-5-17(11,18)16(20)23/h3-4,7,10-11,19H,5-6,8-9H2,1-2H3,(H,21,22)/t11-,17+/m0/s1. The molecule has 2 fully saturated rings. The van der Waals surface area contributed by atoms with E-state index in [1.54, 1.807) is 12.1 Å². The van der Waals surface area contributed by atoms with Gasteiger partial charge in [0.1, 0.15) is 0 Å². The van der Waals surface area contributed by atoms with Crippen molar-refractivity contribution in [1.29, 1.82) is 0 Å². The Morgan fingerprint density at radius 2 is 2.22 bits per heavy atom. The number of nitrogens with zero attached hydrogens (tertiary/aromatic N) is 1. The lowest BCUT2D eigenvalue weighted by Gasteiger charge is -2.29. The van der Waals surface area contributed by atoms with Crippen LogP contribution in [0.25, 0.3) is 0 Å². The first-order chi connectivity index (χ1) is 10.8. The van der Waals surface area contributed by atoms with Gasteiger partial charge >= 0.3 is 5.97 Å². The van der Waals surface area contributed by atoms with Crippen LogP contribution in [0.15, 0.2) is 18.2 Å². The summed E-state index contributed by atoms with van der Waals surface area (Å²) in [5, 5.41) is 12.5. The van der Waals surface area contributed by atoms with Crippen molar-refractivity contribution in [1.82, 2.24) is 5.32 Å². The second-order valence-corrected chi connectivity index (χ2v) is 6.66. The van der Waals surface area contributed by atoms with Gasteiger partial charge in [-0.25, -0.2) is 9.18 Å². The number of halogens is 1. The fourth-order valence-electron chi connectivity index (χ4n) is 3.55. The van der Waals surface area contributed by atoms with Crippen LogP contribution < -0.4 is 10.2 Å². The monoisotopic (exact) mass is 320 g/mol. The Labute approximate surface area is 134 Å². The highest BCUT2D eigenvalue weighted by Gasteiger charge is 2.56. The number of fused-ring (bicyclic) bond motifs is 1. The molecule has 0 spiro atoms. The van der Waals surface area contributed by atoms with Gasteiger partial charge in [0, 0.05) is 31.1 Å². The molecule has 0 unspecified atom stereocenters. The maximum atomic E-state index is 15.0. The van der Waals surface area contributed by atoms with Gasteiger partial charge in [-0.15, -0.1) is 0 Å². The molecule has 2 aliphatic rings. The van der Waals surface area contributed by atoms with Gasteiger partial charge in [-0.1, -0.05) is 19.9 Å². The third kappa shape index (κ3) is 2.51. The Morgan fingerprint density at radius 1 is 1.48 bits per heavy atom. The van der Waals surface area contributed by atoms with Crippen molar-refractivity contribution in [2.75, 3.05) is 24.5 Å². The van der Waals surface area contributed by atoms with Crippen LogP contribution in [-0.4, -0.2) is 42.3 Å². The number of anilines is 1. The Hall–Kier alpha value is -1.95. The molecule has 5 nitrogen and oxygen atoms in total. The van der Waals surface area contributed by atoms with Crippen LogP contribution in [0, 0.1) is 5.92 Å². The molecule has 2 atom stereocenters. The SMILES string of the molecule is CC(C)c1ccc(N2C[C@@H]3CNCC[C@]3(F)C2=O)cc1C(=O)O. The highest BCUT2D eigenvalue weighted by molar-refractivity contribution is 6.03. The van der Waals surface area contributed by atoms with Crippen molar-refractivity contribution in [3.05, 3.63) is 29.3 Å². The number of carboxylic acids is 1. The second kappa shape index (κ2) is 5.60. The maximum Gasteiger partial charge on any atom is 0.336 e. The molecule has 1 aromatic carbocycles. The number of alkyl halides is 1. The van der Waals surface area contributed by atoms with E-state index in [9.17, 15) is 14.7 Å². The minimum absolute atomic E-state index is 0.0590. The first-order valence-corrected chi connectivity index (χ1v) is 7.93. The number of nitrogens with one attached hydrogen (secondary N) is 1. The van der Waals surface area contributed by atoms with Crippen LogP contribution in [0.4, 0.5) is 10.1 Å². The molecule has 6 heteroatoms. The highest BCUT2D eigenvalue weighted by atomic mass is 19.1. The van der Waals surface area contributed by atoms with E-state index >= 15 is 4.39 Å². The Bertz CT molecular complexity index is 661. The number of hydrogen-bond donors (Lipinski definition) is 2. The topological polar surface area (TPSA) is 69.6 Å². The predicted octanol–water partition coefficient (Wildman–Crippen LogP) is 2.17. The molecule has 1 amide bonds. The maximum absolute atomic E-state index is 15.0. The quantitative estimate of drug-likeness (QED) is 0.895. The largest absolute Gasteiger partial charge is 0.478 e. The number of carbonyl (C=O) groups is 2. The zero-order chi connectivity index (χ0) is 16.8. The van der Waals surface area contributed by atoms with Gasteiger partial charge in [0.25, 0.3) is 5.91 Å². The van der Waals surface area contributed by atoms with E-state index in [1.165, 1.54) is 11.0 Å². The lowest BCUT2D eigenvalue weighted by atomic mass is 9.86. The van der Waals surface area contributed by atoms with Crippen LogP contribution in [0.1, 0.15) is 42.1 Å². The molecule has 2 aliphatic heterocycles. The van der Waals surface area contributed by atoms with Crippen molar-refractivity contribution in [2.24, 2.45) is 5.92 Å². The minimum Gasteiger partial charge on any atom is -0.478 e. The Morgan fingerprint density at radius 3 is 2.83 bits per heavy atom. The number of amides is 1. The van der Waals surface area contributed by atoms with E-state index < -0.39 is 17.5 Å². The third-order valence-electron chi connectivity index (χ3n) is 4.91. The summed E-state index contributed by atoms with van der Waals surface area (Å²) in [5.74, 6) is -1.90. The molecule has 0 saturated carbocycles. The number of hydrogen-bond acceptors (Lipinski definition) is 3. The van der Waals surface area contributed by atoms with E-state index in [1.807, 2.05) is 13.8 Å². The van der Waals surface area contributed by atoms with Crippen LogP contribution in [0.3, 0.4) is 0 Å². The average molecular weight is 320 g/mol. The molecule has 3 rings (SSSR count). The molecule has 2 heterocycles. The summed E-state index contributed by atoms with van der Waals surface area (Å²) >= 11 is 0. The molecule has 0 bridgehead atoms. The van der Waals surface area contributed by atoms with Crippen molar-refractivity contribution >= 4 is 17.6 Å². The number of aromatic carboxylic acids is 1. The molecule has 0 aliphatic carbocycles. The smallest absolute Gasteiger partial charge is 0.336 e. The molecular weight excluding hydrogens is 299 g/mol. The fourth-order valence-corrected chi connectivity index (χ4v) is 3.55. The van der Waals surface area contributed by atoms with E-state index in [0.717, 1.165) is 0 Å². The third-order valence-corrected chi connectivity index (χ3v) is 4.91. The molecular formula is C17H21FN2O3. The van der Waals surface area contributed by atoms with Crippen LogP contribution in [0.2, 0.25) is 0 Å². The molecule has 0 aromatic heterocycles. The van der Waals surface area contributed by atoms with Crippen molar-refractivity contribution in [3.8, 4) is 0 Å². The minimum atomic E-state index is -1.83. The van der Waals surface area contributed by atoms with E-state index in [0.29, 0.717) is 24.3 Å². The van der Waals surface area contributed by atoms with Gasteiger partial charge in [0.15, 0.2) is 5.67 Å². The average Bonchev–Trinajstić information content (AvgIpc) is 2.78. The van der Waals surface area contributed by atoms with Gasteiger partial charge < -0.3 is 15.3 Å².